The predicted octanol–water partition coefficient (Wildman–Crippen LogP) is 9.07. The molecular formula is C33H51NO3S2. The van der Waals surface area contributed by atoms with Crippen LogP contribution < -0.4 is 10.5 Å². The van der Waals surface area contributed by atoms with Gasteiger partial charge in [0.25, 0.3) is 0 Å². The molecule has 0 unspecified atom stereocenters. The summed E-state index contributed by atoms with van der Waals surface area (Å²) in [6.07, 6.45) is 0. The Balaban J connectivity index is 2.64. The second kappa shape index (κ2) is 11.3. The molecular weight excluding hydrogens is 523 g/mol. The fourth-order valence-electron chi connectivity index (χ4n) is 4.44. The van der Waals surface area contributed by atoms with Crippen molar-refractivity contribution in [2.45, 2.75) is 132 Å². The topological polar surface area (TPSA) is 72.5 Å². The van der Waals surface area contributed by atoms with Crippen LogP contribution in [0.2, 0.25) is 0 Å². The van der Waals surface area contributed by atoms with Crippen molar-refractivity contribution in [3.05, 3.63) is 46.5 Å². The Morgan fingerprint density at radius 2 is 0.974 bits per heavy atom. The number of benzene rings is 2. The minimum atomic E-state index is -0.432. The lowest BCUT2D eigenvalue weighted by atomic mass is 9.79. The number of rotatable bonds is 6. The summed E-state index contributed by atoms with van der Waals surface area (Å²) < 4.78 is 5.64. The number of aromatic hydroxyl groups is 1. The fraction of sp³-hybridized carbons (Fsp3) is 0.606. The molecule has 0 aliphatic rings. The highest BCUT2D eigenvalue weighted by molar-refractivity contribution is 8.18. The van der Waals surface area contributed by atoms with Crippen molar-refractivity contribution in [1.82, 2.24) is 0 Å². The van der Waals surface area contributed by atoms with Gasteiger partial charge in [-0.2, -0.15) is 0 Å². The van der Waals surface area contributed by atoms with Crippen LogP contribution in [-0.4, -0.2) is 21.7 Å². The van der Waals surface area contributed by atoms with Gasteiger partial charge in [-0.25, -0.2) is 0 Å². The van der Waals surface area contributed by atoms with Crippen LogP contribution in [0.5, 0.6) is 11.5 Å². The predicted molar refractivity (Wildman–Crippen MR) is 170 cm³/mol. The van der Waals surface area contributed by atoms with Crippen LogP contribution in [0.25, 0.3) is 0 Å². The second-order valence-electron chi connectivity index (χ2n) is 15.0. The highest BCUT2D eigenvalue weighted by Crippen LogP contribution is 2.51. The standard InChI is InChI=1S/C33H51NO3S2/c1-29(2,3)22-15-20(16-23(27(22)36)30(4,5)6)38-33(13,14)39-21-17-24(31(7,8)9)28(37-26(35)19-34)25(18-21)32(10,11)12/h15-18,36H,19,34H2,1-14H3. The van der Waals surface area contributed by atoms with Crippen LogP contribution in [0.3, 0.4) is 0 Å². The minimum Gasteiger partial charge on any atom is -0.507 e. The van der Waals surface area contributed by atoms with Gasteiger partial charge in [0.1, 0.15) is 11.5 Å². The Labute approximate surface area is 246 Å². The molecule has 2 aromatic rings. The molecule has 2 rings (SSSR count). The highest BCUT2D eigenvalue weighted by atomic mass is 32.2. The Hall–Kier alpha value is -1.63. The van der Waals surface area contributed by atoms with Gasteiger partial charge in [0.05, 0.1) is 10.6 Å². The van der Waals surface area contributed by atoms with Gasteiger partial charge in [-0.15, -0.1) is 23.5 Å². The maximum atomic E-state index is 12.3. The Morgan fingerprint density at radius 1 is 0.667 bits per heavy atom. The molecule has 0 aromatic heterocycles. The third-order valence-electron chi connectivity index (χ3n) is 6.49. The van der Waals surface area contributed by atoms with Crippen molar-refractivity contribution in [2.75, 3.05) is 6.54 Å². The zero-order chi connectivity index (χ0) is 30.4. The zero-order valence-electron chi connectivity index (χ0n) is 26.7. The number of hydrogen-bond donors (Lipinski definition) is 2. The number of esters is 1. The van der Waals surface area contributed by atoms with Crippen LogP contribution in [0.1, 0.15) is 119 Å². The molecule has 0 aliphatic heterocycles. The molecule has 0 radical (unpaired) electrons. The minimum absolute atomic E-state index is 0.160. The van der Waals surface area contributed by atoms with E-state index in [1.807, 2.05) is 0 Å². The number of hydrogen-bond acceptors (Lipinski definition) is 6. The number of carbonyl (C=O) groups is 1. The summed E-state index contributed by atoms with van der Waals surface area (Å²) in [4.78, 5) is 14.6. The first-order valence-electron chi connectivity index (χ1n) is 13.7. The SMILES string of the molecule is CC(C)(Sc1cc(C(C)(C)C)c(O)c(C(C)(C)C)c1)Sc1cc(C(C)(C)C)c(OC(=O)CN)c(C(C)(C)C)c1. The quantitative estimate of drug-likeness (QED) is 0.155. The summed E-state index contributed by atoms with van der Waals surface area (Å²) in [5.74, 6) is 0.597. The van der Waals surface area contributed by atoms with E-state index >= 15 is 0 Å². The van der Waals surface area contributed by atoms with Crippen LogP contribution in [0.15, 0.2) is 34.1 Å². The van der Waals surface area contributed by atoms with Gasteiger partial charge >= 0.3 is 5.97 Å². The van der Waals surface area contributed by atoms with E-state index in [9.17, 15) is 9.90 Å². The smallest absolute Gasteiger partial charge is 0.325 e. The average Bonchev–Trinajstić information content (AvgIpc) is 2.71. The lowest BCUT2D eigenvalue weighted by Crippen LogP contribution is -2.25. The van der Waals surface area contributed by atoms with E-state index in [1.165, 1.54) is 0 Å². The van der Waals surface area contributed by atoms with E-state index in [2.05, 4.69) is 121 Å². The molecule has 6 heteroatoms. The van der Waals surface area contributed by atoms with E-state index in [4.69, 9.17) is 10.5 Å². The number of ether oxygens (including phenoxy) is 1. The molecule has 0 bridgehead atoms. The van der Waals surface area contributed by atoms with Crippen molar-refractivity contribution < 1.29 is 14.6 Å². The average molecular weight is 574 g/mol. The van der Waals surface area contributed by atoms with Crippen molar-refractivity contribution >= 4 is 29.5 Å². The van der Waals surface area contributed by atoms with Crippen molar-refractivity contribution in [3.8, 4) is 11.5 Å². The fourth-order valence-corrected chi connectivity index (χ4v) is 7.03. The van der Waals surface area contributed by atoms with Crippen LogP contribution in [-0.2, 0) is 26.5 Å². The number of carbonyl (C=O) groups excluding carboxylic acids is 1. The summed E-state index contributed by atoms with van der Waals surface area (Å²) >= 11 is 3.61. The Bertz CT molecular complexity index is 1130. The third-order valence-corrected chi connectivity index (χ3v) is 8.91. The molecule has 0 amide bonds. The van der Waals surface area contributed by atoms with Gasteiger partial charge < -0.3 is 15.6 Å². The largest absolute Gasteiger partial charge is 0.507 e. The van der Waals surface area contributed by atoms with Crippen LogP contribution in [0.4, 0.5) is 0 Å². The van der Waals surface area contributed by atoms with E-state index in [1.54, 1.807) is 23.5 Å². The molecule has 0 saturated heterocycles. The molecule has 4 nitrogen and oxygen atoms in total. The van der Waals surface area contributed by atoms with Crippen molar-refractivity contribution in [1.29, 1.82) is 0 Å². The maximum Gasteiger partial charge on any atom is 0.325 e. The normalized spacial score (nSPS) is 13.5. The monoisotopic (exact) mass is 573 g/mol. The summed E-state index contributed by atoms with van der Waals surface area (Å²) in [6, 6.07) is 8.63. The molecule has 3 N–H and O–H groups in total. The molecule has 39 heavy (non-hydrogen) atoms. The molecule has 218 valence electrons. The summed E-state index contributed by atoms with van der Waals surface area (Å²) in [5.41, 5.74) is 8.69. The third kappa shape index (κ3) is 8.68. The first-order chi connectivity index (χ1) is 17.4. The van der Waals surface area contributed by atoms with Gasteiger partial charge in [0, 0.05) is 32.0 Å². The Kier molecular flexibility index (Phi) is 9.75. The second-order valence-corrected chi connectivity index (χ2v) is 18.6. The first-order valence-corrected chi connectivity index (χ1v) is 15.4. The Morgan fingerprint density at radius 3 is 1.26 bits per heavy atom. The maximum absolute atomic E-state index is 12.3. The number of phenolic OH excluding ortho intramolecular Hbond substituents is 1. The van der Waals surface area contributed by atoms with E-state index in [0.29, 0.717) is 11.5 Å². The van der Waals surface area contributed by atoms with Crippen LogP contribution >= 0.6 is 23.5 Å². The van der Waals surface area contributed by atoms with Gasteiger partial charge in [-0.05, 0) is 59.8 Å². The first kappa shape index (κ1) is 33.6. The van der Waals surface area contributed by atoms with E-state index in [-0.39, 0.29) is 32.3 Å². The molecule has 0 heterocycles. The molecule has 0 fully saturated rings. The molecule has 0 aliphatic carbocycles. The lowest BCUT2D eigenvalue weighted by molar-refractivity contribution is -0.132. The van der Waals surface area contributed by atoms with Gasteiger partial charge in [0.15, 0.2) is 0 Å². The number of phenols is 1. The molecule has 0 atom stereocenters. The number of nitrogens with two attached hydrogens (primary N) is 1. The zero-order valence-corrected chi connectivity index (χ0v) is 28.3. The highest BCUT2D eigenvalue weighted by Gasteiger charge is 2.32. The van der Waals surface area contributed by atoms with E-state index < -0.39 is 5.97 Å². The summed E-state index contributed by atoms with van der Waals surface area (Å²) in [7, 11) is 0. The molecule has 0 spiro atoms. The van der Waals surface area contributed by atoms with Crippen molar-refractivity contribution in [2.24, 2.45) is 5.73 Å². The molecule has 0 saturated carbocycles. The molecule has 2 aromatic carbocycles. The lowest BCUT2D eigenvalue weighted by Gasteiger charge is -2.32. The number of thioether (sulfide) groups is 2. The van der Waals surface area contributed by atoms with E-state index in [0.717, 1.165) is 32.0 Å². The van der Waals surface area contributed by atoms with Crippen LogP contribution in [0, 0.1) is 0 Å². The summed E-state index contributed by atoms with van der Waals surface area (Å²) in [5, 5.41) is 11.2. The van der Waals surface area contributed by atoms with Gasteiger partial charge in [0.2, 0.25) is 0 Å². The van der Waals surface area contributed by atoms with Gasteiger partial charge in [-0.1, -0.05) is 83.1 Å². The summed E-state index contributed by atoms with van der Waals surface area (Å²) in [6.45, 7) is 30.0. The van der Waals surface area contributed by atoms with Crippen molar-refractivity contribution in [3.63, 3.8) is 0 Å². The van der Waals surface area contributed by atoms with Gasteiger partial charge in [-0.3, -0.25) is 4.79 Å².